The topological polar surface area (TPSA) is 55.8 Å². The third-order valence-corrected chi connectivity index (χ3v) is 4.69. The number of amides is 2. The zero-order valence-corrected chi connectivity index (χ0v) is 13.8. The molecule has 1 aromatic rings. The summed E-state index contributed by atoms with van der Waals surface area (Å²) in [5, 5.41) is -0.238. The lowest BCUT2D eigenvalue weighted by molar-refractivity contribution is -0.123. The number of hydrogen-bond donors (Lipinski definition) is 0. The van der Waals surface area contributed by atoms with E-state index in [1.54, 1.807) is 18.2 Å². The van der Waals surface area contributed by atoms with E-state index in [-0.39, 0.29) is 24.0 Å². The van der Waals surface area contributed by atoms with Gasteiger partial charge in [-0.2, -0.15) is 0 Å². The molecule has 0 N–H and O–H groups in total. The molecule has 1 aromatic carbocycles. The van der Waals surface area contributed by atoms with E-state index in [1.165, 1.54) is 4.90 Å². The Morgan fingerprint density at radius 1 is 1.29 bits per heavy atom. The summed E-state index contributed by atoms with van der Waals surface area (Å²) in [5.74, 6) is 1.03. The van der Waals surface area contributed by atoms with Crippen molar-refractivity contribution in [3.8, 4) is 11.5 Å². The van der Waals surface area contributed by atoms with Crippen molar-refractivity contribution in [1.82, 2.24) is 4.90 Å². The summed E-state index contributed by atoms with van der Waals surface area (Å²) in [7, 11) is 0. The largest absolute Gasteiger partial charge is 0.454 e. The van der Waals surface area contributed by atoms with Crippen LogP contribution in [0, 0.1) is 0 Å². The molecule has 3 rings (SSSR count). The second-order valence-electron chi connectivity index (χ2n) is 4.87. The molecule has 0 bridgehead atoms. The van der Waals surface area contributed by atoms with E-state index in [1.807, 2.05) is 13.8 Å². The zero-order valence-electron chi connectivity index (χ0n) is 11.4. The van der Waals surface area contributed by atoms with Crippen LogP contribution in [0.15, 0.2) is 21.5 Å². The lowest BCUT2D eigenvalue weighted by atomic mass is 10.2. The fourth-order valence-corrected chi connectivity index (χ4v) is 3.50. The minimum atomic E-state index is -0.260. The first-order chi connectivity index (χ1) is 9.97. The molecule has 0 saturated carbocycles. The van der Waals surface area contributed by atoms with Crippen LogP contribution in [-0.2, 0) is 4.79 Å². The molecule has 0 aliphatic carbocycles. The highest BCUT2D eigenvalue weighted by molar-refractivity contribution is 9.10. The van der Waals surface area contributed by atoms with Crippen molar-refractivity contribution in [2.24, 2.45) is 0 Å². The molecule has 7 heteroatoms. The summed E-state index contributed by atoms with van der Waals surface area (Å²) < 4.78 is 11.4. The summed E-state index contributed by atoms with van der Waals surface area (Å²) >= 11 is 4.39. The summed E-state index contributed by atoms with van der Waals surface area (Å²) in [6.07, 6.45) is 1.69. The van der Waals surface area contributed by atoms with Gasteiger partial charge in [-0.05, 0) is 49.4 Å². The van der Waals surface area contributed by atoms with Crippen LogP contribution in [-0.4, -0.2) is 28.9 Å². The van der Waals surface area contributed by atoms with E-state index in [0.717, 1.165) is 21.8 Å². The lowest BCUT2D eigenvalue weighted by Crippen LogP contribution is -2.34. The van der Waals surface area contributed by atoms with Crippen molar-refractivity contribution in [3.05, 3.63) is 27.1 Å². The number of rotatable bonds is 2. The van der Waals surface area contributed by atoms with Crippen LogP contribution in [0.1, 0.15) is 19.4 Å². The Kier molecular flexibility index (Phi) is 3.71. The minimum absolute atomic E-state index is 0.149. The molecule has 2 heterocycles. The average Bonchev–Trinajstić information content (AvgIpc) is 2.94. The molecular weight excluding hydrogens is 358 g/mol. The standard InChI is InChI=1S/C14H12BrNO4S/c1-7(2)16-13(17)12(21-14(16)18)4-8-3-10-11(5-9(8)15)20-6-19-10/h3-5,7H,6H2,1-2H3/b12-4+. The maximum Gasteiger partial charge on any atom is 0.293 e. The second-order valence-corrected chi connectivity index (χ2v) is 6.72. The number of imide groups is 1. The normalized spacial score (nSPS) is 19.2. The predicted molar refractivity (Wildman–Crippen MR) is 83.2 cm³/mol. The highest BCUT2D eigenvalue weighted by atomic mass is 79.9. The number of benzene rings is 1. The van der Waals surface area contributed by atoms with Crippen LogP contribution < -0.4 is 9.47 Å². The number of carbonyl (C=O) groups excluding carboxylic acids is 2. The predicted octanol–water partition coefficient (Wildman–Crippen LogP) is 3.62. The highest BCUT2D eigenvalue weighted by Crippen LogP contribution is 2.40. The smallest absolute Gasteiger partial charge is 0.293 e. The van der Waals surface area contributed by atoms with E-state index in [4.69, 9.17) is 9.47 Å². The number of halogens is 1. The molecule has 0 aromatic heterocycles. The Bertz CT molecular complexity index is 671. The monoisotopic (exact) mass is 369 g/mol. The first kappa shape index (κ1) is 14.5. The maximum atomic E-state index is 12.3. The number of ether oxygens (including phenoxy) is 2. The first-order valence-electron chi connectivity index (χ1n) is 6.33. The van der Waals surface area contributed by atoms with Crippen LogP contribution in [0.3, 0.4) is 0 Å². The van der Waals surface area contributed by atoms with Crippen molar-refractivity contribution >= 4 is 44.9 Å². The van der Waals surface area contributed by atoms with Gasteiger partial charge in [0.15, 0.2) is 11.5 Å². The lowest BCUT2D eigenvalue weighted by Gasteiger charge is -2.16. The summed E-state index contributed by atoms with van der Waals surface area (Å²) in [5.41, 5.74) is 0.772. The number of hydrogen-bond acceptors (Lipinski definition) is 5. The summed E-state index contributed by atoms with van der Waals surface area (Å²) in [6.45, 7) is 3.82. The number of fused-ring (bicyclic) bond motifs is 1. The van der Waals surface area contributed by atoms with Gasteiger partial charge in [0.25, 0.3) is 11.1 Å². The Balaban J connectivity index is 1.96. The van der Waals surface area contributed by atoms with E-state index in [9.17, 15) is 9.59 Å². The molecular formula is C14H12BrNO4S. The van der Waals surface area contributed by atoms with E-state index >= 15 is 0 Å². The Hall–Kier alpha value is -1.47. The molecule has 5 nitrogen and oxygen atoms in total. The molecule has 1 fully saturated rings. The van der Waals surface area contributed by atoms with Gasteiger partial charge in [-0.15, -0.1) is 0 Å². The van der Waals surface area contributed by atoms with Gasteiger partial charge in [0, 0.05) is 10.5 Å². The van der Waals surface area contributed by atoms with Gasteiger partial charge >= 0.3 is 0 Å². The first-order valence-corrected chi connectivity index (χ1v) is 7.94. The second kappa shape index (κ2) is 5.38. The van der Waals surface area contributed by atoms with Gasteiger partial charge in [-0.1, -0.05) is 15.9 Å². The summed E-state index contributed by atoms with van der Waals surface area (Å²) in [6, 6.07) is 3.43. The Morgan fingerprint density at radius 3 is 2.57 bits per heavy atom. The molecule has 0 radical (unpaired) electrons. The van der Waals surface area contributed by atoms with Crippen molar-refractivity contribution in [3.63, 3.8) is 0 Å². The summed E-state index contributed by atoms with van der Waals surface area (Å²) in [4.78, 5) is 25.8. The van der Waals surface area contributed by atoms with E-state index in [2.05, 4.69) is 15.9 Å². The van der Waals surface area contributed by atoms with Crippen molar-refractivity contribution < 1.29 is 19.1 Å². The van der Waals surface area contributed by atoms with Gasteiger partial charge < -0.3 is 9.47 Å². The third kappa shape index (κ3) is 2.55. The van der Waals surface area contributed by atoms with Gasteiger partial charge in [-0.3, -0.25) is 14.5 Å². The van der Waals surface area contributed by atoms with Crippen molar-refractivity contribution in [1.29, 1.82) is 0 Å². The van der Waals surface area contributed by atoms with Crippen LogP contribution in [0.25, 0.3) is 6.08 Å². The fourth-order valence-electron chi connectivity index (χ4n) is 2.11. The quantitative estimate of drug-likeness (QED) is 0.745. The van der Waals surface area contributed by atoms with Crippen LogP contribution >= 0.6 is 27.7 Å². The highest BCUT2D eigenvalue weighted by Gasteiger charge is 2.36. The average molecular weight is 370 g/mol. The van der Waals surface area contributed by atoms with Crippen LogP contribution in [0.2, 0.25) is 0 Å². The Labute approximate surface area is 134 Å². The van der Waals surface area contributed by atoms with Gasteiger partial charge in [0.05, 0.1) is 4.91 Å². The molecule has 21 heavy (non-hydrogen) atoms. The number of nitrogens with zero attached hydrogens (tertiary/aromatic N) is 1. The molecule has 0 atom stereocenters. The molecule has 2 amide bonds. The number of carbonyl (C=O) groups is 2. The molecule has 2 aliphatic heterocycles. The third-order valence-electron chi connectivity index (χ3n) is 3.12. The van der Waals surface area contributed by atoms with Crippen LogP contribution in [0.4, 0.5) is 4.79 Å². The van der Waals surface area contributed by atoms with Crippen molar-refractivity contribution in [2.75, 3.05) is 6.79 Å². The van der Waals surface area contributed by atoms with Gasteiger partial charge in [0.1, 0.15) is 0 Å². The Morgan fingerprint density at radius 2 is 1.95 bits per heavy atom. The van der Waals surface area contributed by atoms with Crippen molar-refractivity contribution in [2.45, 2.75) is 19.9 Å². The SMILES string of the molecule is CC(C)N1C(=O)S/C(=C/c2cc3c(cc2Br)OCO3)C1=O. The minimum Gasteiger partial charge on any atom is -0.454 e. The molecule has 0 spiro atoms. The maximum absolute atomic E-state index is 12.3. The zero-order chi connectivity index (χ0) is 15.1. The van der Waals surface area contributed by atoms with Gasteiger partial charge in [0.2, 0.25) is 6.79 Å². The van der Waals surface area contributed by atoms with Gasteiger partial charge in [-0.25, -0.2) is 0 Å². The fraction of sp³-hybridized carbons (Fsp3) is 0.286. The van der Waals surface area contributed by atoms with E-state index < -0.39 is 0 Å². The molecule has 1 saturated heterocycles. The molecule has 0 unspecified atom stereocenters. The van der Waals surface area contributed by atoms with Crippen LogP contribution in [0.5, 0.6) is 11.5 Å². The number of thioether (sulfide) groups is 1. The van der Waals surface area contributed by atoms with E-state index in [0.29, 0.717) is 16.4 Å². The molecule has 110 valence electrons. The molecule has 2 aliphatic rings.